The largest absolute Gasteiger partial charge is 0.381 e. The van der Waals surface area contributed by atoms with Crippen molar-refractivity contribution in [3.8, 4) is 0 Å². The molecule has 0 bridgehead atoms. The van der Waals surface area contributed by atoms with Crippen LogP contribution in [0.1, 0.15) is 19.8 Å². The molecule has 8 heavy (non-hydrogen) atoms. The van der Waals surface area contributed by atoms with Gasteiger partial charge in [0.2, 0.25) is 0 Å². The molecular formula is C6H15NO. The van der Waals surface area contributed by atoms with Crippen LogP contribution in [0.4, 0.5) is 0 Å². The standard InChI is InChI=1S/C6H15NO/c1-3-4-5-7(2)6-8/h8H,3-6H2,1-2H3. The van der Waals surface area contributed by atoms with E-state index in [1.165, 1.54) is 12.8 Å². The van der Waals surface area contributed by atoms with Gasteiger partial charge < -0.3 is 5.11 Å². The van der Waals surface area contributed by atoms with Crippen molar-refractivity contribution in [3.63, 3.8) is 0 Å². The minimum absolute atomic E-state index is 0.181. The Morgan fingerprint density at radius 2 is 2.12 bits per heavy atom. The van der Waals surface area contributed by atoms with Crippen molar-refractivity contribution in [2.45, 2.75) is 19.8 Å². The highest BCUT2D eigenvalue weighted by atomic mass is 16.3. The zero-order valence-electron chi connectivity index (χ0n) is 5.72. The van der Waals surface area contributed by atoms with Gasteiger partial charge in [-0.1, -0.05) is 13.3 Å². The van der Waals surface area contributed by atoms with E-state index in [-0.39, 0.29) is 6.73 Å². The second-order valence-electron chi connectivity index (χ2n) is 2.07. The van der Waals surface area contributed by atoms with E-state index in [2.05, 4.69) is 6.92 Å². The number of hydrogen-bond donors (Lipinski definition) is 1. The molecule has 1 N–H and O–H groups in total. The molecule has 0 spiro atoms. The minimum atomic E-state index is 0.181. The fraction of sp³-hybridized carbons (Fsp3) is 1.00. The summed E-state index contributed by atoms with van der Waals surface area (Å²) in [6.07, 6.45) is 2.38. The van der Waals surface area contributed by atoms with Crippen LogP contribution in [-0.4, -0.2) is 30.3 Å². The zero-order valence-corrected chi connectivity index (χ0v) is 5.72. The summed E-state index contributed by atoms with van der Waals surface area (Å²) in [6, 6.07) is 0. The minimum Gasteiger partial charge on any atom is -0.381 e. The van der Waals surface area contributed by atoms with Crippen molar-refractivity contribution in [2.75, 3.05) is 20.3 Å². The van der Waals surface area contributed by atoms with Crippen molar-refractivity contribution < 1.29 is 5.11 Å². The van der Waals surface area contributed by atoms with Gasteiger partial charge in [0.1, 0.15) is 0 Å². The Morgan fingerprint density at radius 1 is 1.50 bits per heavy atom. The van der Waals surface area contributed by atoms with Crippen LogP contribution >= 0.6 is 0 Å². The molecular weight excluding hydrogens is 102 g/mol. The lowest BCUT2D eigenvalue weighted by molar-refractivity contribution is 0.131. The molecule has 0 rings (SSSR count). The Morgan fingerprint density at radius 3 is 2.50 bits per heavy atom. The van der Waals surface area contributed by atoms with Crippen LogP contribution < -0.4 is 0 Å². The van der Waals surface area contributed by atoms with Gasteiger partial charge in [-0.3, -0.25) is 4.90 Å². The monoisotopic (exact) mass is 117 g/mol. The van der Waals surface area contributed by atoms with Gasteiger partial charge in [-0.05, 0) is 20.0 Å². The normalized spacial score (nSPS) is 10.5. The average molecular weight is 117 g/mol. The van der Waals surface area contributed by atoms with Crippen LogP contribution in [0, 0.1) is 0 Å². The van der Waals surface area contributed by atoms with Gasteiger partial charge in [-0.25, -0.2) is 0 Å². The van der Waals surface area contributed by atoms with Crippen molar-refractivity contribution in [1.82, 2.24) is 4.90 Å². The molecule has 0 unspecified atom stereocenters. The summed E-state index contributed by atoms with van der Waals surface area (Å²) >= 11 is 0. The highest BCUT2D eigenvalue weighted by molar-refractivity contribution is 4.41. The highest BCUT2D eigenvalue weighted by Gasteiger charge is 1.90. The molecule has 2 nitrogen and oxygen atoms in total. The molecule has 2 heteroatoms. The third-order valence-electron chi connectivity index (χ3n) is 1.13. The van der Waals surface area contributed by atoms with E-state index in [0.717, 1.165) is 6.54 Å². The first-order valence-corrected chi connectivity index (χ1v) is 3.10. The van der Waals surface area contributed by atoms with E-state index in [0.29, 0.717) is 0 Å². The maximum Gasteiger partial charge on any atom is 0.0954 e. The van der Waals surface area contributed by atoms with E-state index in [9.17, 15) is 0 Å². The van der Waals surface area contributed by atoms with Gasteiger partial charge in [0.05, 0.1) is 6.73 Å². The Kier molecular flexibility index (Phi) is 5.01. The second-order valence-corrected chi connectivity index (χ2v) is 2.07. The molecule has 0 atom stereocenters. The fourth-order valence-electron chi connectivity index (χ4n) is 0.499. The summed E-state index contributed by atoms with van der Waals surface area (Å²) in [4.78, 5) is 1.89. The van der Waals surface area contributed by atoms with Crippen LogP contribution in [0.5, 0.6) is 0 Å². The van der Waals surface area contributed by atoms with Crippen molar-refractivity contribution in [3.05, 3.63) is 0 Å². The molecule has 0 aromatic carbocycles. The maximum absolute atomic E-state index is 8.49. The van der Waals surface area contributed by atoms with Gasteiger partial charge in [-0.2, -0.15) is 0 Å². The number of aliphatic hydroxyl groups is 1. The molecule has 0 aromatic heterocycles. The average Bonchev–Trinajstić information content (AvgIpc) is 1.83. The predicted molar refractivity (Wildman–Crippen MR) is 34.6 cm³/mol. The number of unbranched alkanes of at least 4 members (excludes halogenated alkanes) is 1. The SMILES string of the molecule is CCCCN(C)CO. The first-order valence-electron chi connectivity index (χ1n) is 3.10. The molecule has 0 aliphatic heterocycles. The van der Waals surface area contributed by atoms with Crippen LogP contribution in [0.25, 0.3) is 0 Å². The van der Waals surface area contributed by atoms with Crippen molar-refractivity contribution in [2.24, 2.45) is 0 Å². The molecule has 0 aliphatic carbocycles. The third kappa shape index (κ3) is 4.09. The molecule has 0 saturated heterocycles. The number of nitrogens with zero attached hydrogens (tertiary/aromatic N) is 1. The summed E-state index contributed by atoms with van der Waals surface area (Å²) in [5.74, 6) is 0. The molecule has 0 heterocycles. The van der Waals surface area contributed by atoms with E-state index >= 15 is 0 Å². The van der Waals surface area contributed by atoms with Crippen molar-refractivity contribution >= 4 is 0 Å². The maximum atomic E-state index is 8.49. The van der Waals surface area contributed by atoms with Crippen molar-refractivity contribution in [1.29, 1.82) is 0 Å². The topological polar surface area (TPSA) is 23.5 Å². The number of aliphatic hydroxyl groups excluding tert-OH is 1. The second kappa shape index (κ2) is 5.06. The quantitative estimate of drug-likeness (QED) is 0.547. The summed E-state index contributed by atoms with van der Waals surface area (Å²) in [5.41, 5.74) is 0. The smallest absolute Gasteiger partial charge is 0.0954 e. The summed E-state index contributed by atoms with van der Waals surface area (Å²) < 4.78 is 0. The van der Waals surface area contributed by atoms with E-state index < -0.39 is 0 Å². The lowest BCUT2D eigenvalue weighted by atomic mass is 10.3. The zero-order chi connectivity index (χ0) is 6.41. The predicted octanol–water partition coefficient (Wildman–Crippen LogP) is 0.668. The lowest BCUT2D eigenvalue weighted by Crippen LogP contribution is -2.19. The number of hydrogen-bond acceptors (Lipinski definition) is 2. The Hall–Kier alpha value is -0.0800. The number of rotatable bonds is 4. The third-order valence-corrected chi connectivity index (χ3v) is 1.13. The summed E-state index contributed by atoms with van der Waals surface area (Å²) in [5, 5.41) is 8.49. The molecule has 0 radical (unpaired) electrons. The first kappa shape index (κ1) is 7.92. The van der Waals surface area contributed by atoms with Gasteiger partial charge in [0.25, 0.3) is 0 Å². The summed E-state index contributed by atoms with van der Waals surface area (Å²) in [6.45, 7) is 3.33. The molecule has 0 aromatic rings. The van der Waals surface area contributed by atoms with Gasteiger partial charge >= 0.3 is 0 Å². The molecule has 0 aliphatic rings. The highest BCUT2D eigenvalue weighted by Crippen LogP contribution is 1.88. The molecule has 0 fully saturated rings. The first-order chi connectivity index (χ1) is 3.81. The summed E-state index contributed by atoms with van der Waals surface area (Å²) in [7, 11) is 1.91. The molecule has 50 valence electrons. The van der Waals surface area contributed by atoms with E-state index in [4.69, 9.17) is 5.11 Å². The fourth-order valence-corrected chi connectivity index (χ4v) is 0.499. The Labute approximate surface area is 51.1 Å². The van der Waals surface area contributed by atoms with E-state index in [1.807, 2.05) is 11.9 Å². The Bertz CT molecular complexity index is 47.8. The lowest BCUT2D eigenvalue weighted by Gasteiger charge is -2.10. The Balaban J connectivity index is 2.86. The van der Waals surface area contributed by atoms with Gasteiger partial charge in [0.15, 0.2) is 0 Å². The van der Waals surface area contributed by atoms with Crippen LogP contribution in [-0.2, 0) is 0 Å². The molecule has 0 saturated carbocycles. The van der Waals surface area contributed by atoms with Gasteiger partial charge in [-0.15, -0.1) is 0 Å². The van der Waals surface area contributed by atoms with Crippen LogP contribution in [0.15, 0.2) is 0 Å². The van der Waals surface area contributed by atoms with Gasteiger partial charge in [0, 0.05) is 0 Å². The van der Waals surface area contributed by atoms with Crippen LogP contribution in [0.2, 0.25) is 0 Å². The van der Waals surface area contributed by atoms with Crippen LogP contribution in [0.3, 0.4) is 0 Å². The molecule has 0 amide bonds. The van der Waals surface area contributed by atoms with E-state index in [1.54, 1.807) is 0 Å².